The Morgan fingerprint density at radius 1 is 1.29 bits per heavy atom. The van der Waals surface area contributed by atoms with Crippen LogP contribution in [0.1, 0.15) is 12.8 Å². The number of benzene rings is 1. The third kappa shape index (κ3) is 3.15. The fourth-order valence-corrected chi connectivity index (χ4v) is 2.55. The van der Waals surface area contributed by atoms with Crippen molar-refractivity contribution in [1.29, 1.82) is 0 Å². The van der Waals surface area contributed by atoms with Gasteiger partial charge in [-0.15, -0.1) is 0 Å². The van der Waals surface area contributed by atoms with Crippen molar-refractivity contribution >= 4 is 11.6 Å². The van der Waals surface area contributed by atoms with Crippen molar-refractivity contribution in [2.24, 2.45) is 5.73 Å². The highest BCUT2D eigenvalue weighted by atomic mass is 16.5. The molecule has 0 saturated carbocycles. The molecule has 2 heterocycles. The molecule has 5 heteroatoms. The lowest BCUT2D eigenvalue weighted by Gasteiger charge is -2.13. The van der Waals surface area contributed by atoms with E-state index in [9.17, 15) is 4.79 Å². The van der Waals surface area contributed by atoms with Gasteiger partial charge in [-0.1, -0.05) is 6.07 Å². The van der Waals surface area contributed by atoms with Gasteiger partial charge < -0.3 is 20.4 Å². The topological polar surface area (TPSA) is 69.3 Å². The van der Waals surface area contributed by atoms with E-state index in [2.05, 4.69) is 5.32 Å². The fraction of sp³-hybridized carbons (Fsp3) is 0.312. The summed E-state index contributed by atoms with van der Waals surface area (Å²) in [5, 5.41) is 2.91. The van der Waals surface area contributed by atoms with Crippen LogP contribution in [-0.2, 0) is 9.53 Å². The molecule has 1 fully saturated rings. The molecule has 2 atom stereocenters. The summed E-state index contributed by atoms with van der Waals surface area (Å²) >= 11 is 0. The lowest BCUT2D eigenvalue weighted by molar-refractivity contribution is -0.126. The second kappa shape index (κ2) is 6.11. The average molecular weight is 285 g/mol. The fourth-order valence-electron chi connectivity index (χ4n) is 2.55. The highest BCUT2D eigenvalue weighted by Crippen LogP contribution is 2.21. The first-order valence-corrected chi connectivity index (χ1v) is 7.16. The highest BCUT2D eigenvalue weighted by molar-refractivity contribution is 5.94. The van der Waals surface area contributed by atoms with Gasteiger partial charge in [-0.2, -0.15) is 0 Å². The molecule has 1 amide bonds. The first kappa shape index (κ1) is 13.9. The van der Waals surface area contributed by atoms with E-state index in [0.29, 0.717) is 6.54 Å². The summed E-state index contributed by atoms with van der Waals surface area (Å²) in [6.07, 6.45) is 5.11. The van der Waals surface area contributed by atoms with Crippen LogP contribution < -0.4 is 11.1 Å². The van der Waals surface area contributed by atoms with E-state index in [1.807, 2.05) is 53.4 Å². The maximum atomic E-state index is 12.2. The molecule has 3 N–H and O–H groups in total. The van der Waals surface area contributed by atoms with E-state index < -0.39 is 6.10 Å². The predicted molar refractivity (Wildman–Crippen MR) is 81.3 cm³/mol. The molecule has 1 aromatic heterocycles. The van der Waals surface area contributed by atoms with Gasteiger partial charge in [0.15, 0.2) is 0 Å². The molecule has 1 saturated heterocycles. The molecule has 110 valence electrons. The normalized spacial score (nSPS) is 21.4. The zero-order valence-electron chi connectivity index (χ0n) is 11.7. The summed E-state index contributed by atoms with van der Waals surface area (Å²) in [6, 6.07) is 11.7. The number of nitrogens with two attached hydrogens (primary N) is 1. The zero-order chi connectivity index (χ0) is 14.7. The Kier molecular flexibility index (Phi) is 4.03. The van der Waals surface area contributed by atoms with Gasteiger partial charge in [0.1, 0.15) is 6.10 Å². The van der Waals surface area contributed by atoms with Crippen LogP contribution in [0.15, 0.2) is 48.8 Å². The van der Waals surface area contributed by atoms with Crippen molar-refractivity contribution in [3.63, 3.8) is 0 Å². The van der Waals surface area contributed by atoms with Crippen LogP contribution in [0.5, 0.6) is 0 Å². The molecule has 2 unspecified atom stereocenters. The summed E-state index contributed by atoms with van der Waals surface area (Å²) in [7, 11) is 0. The number of amides is 1. The Balaban J connectivity index is 1.68. The van der Waals surface area contributed by atoms with E-state index in [4.69, 9.17) is 10.5 Å². The quantitative estimate of drug-likeness (QED) is 0.901. The number of carbonyl (C=O) groups excluding carboxylic acids is 1. The predicted octanol–water partition coefficient (Wildman–Crippen LogP) is 1.92. The Morgan fingerprint density at radius 2 is 2.10 bits per heavy atom. The van der Waals surface area contributed by atoms with Crippen molar-refractivity contribution in [3.05, 3.63) is 48.8 Å². The molecule has 0 bridgehead atoms. The van der Waals surface area contributed by atoms with Crippen LogP contribution in [0.3, 0.4) is 0 Å². The van der Waals surface area contributed by atoms with Gasteiger partial charge in [0, 0.05) is 30.3 Å². The number of hydrogen-bond acceptors (Lipinski definition) is 3. The van der Waals surface area contributed by atoms with Crippen molar-refractivity contribution in [1.82, 2.24) is 4.57 Å². The number of ether oxygens (including phenoxy) is 1. The SMILES string of the molecule is NCC1CCC(C(=O)Nc2cccc(-n3cccc3)c2)O1. The summed E-state index contributed by atoms with van der Waals surface area (Å²) in [5.74, 6) is -0.101. The number of rotatable bonds is 4. The van der Waals surface area contributed by atoms with Gasteiger partial charge in [-0.25, -0.2) is 0 Å². The van der Waals surface area contributed by atoms with Crippen LogP contribution in [0.2, 0.25) is 0 Å². The maximum Gasteiger partial charge on any atom is 0.253 e. The molecule has 2 aromatic rings. The number of nitrogens with one attached hydrogen (secondary N) is 1. The van der Waals surface area contributed by atoms with Crippen molar-refractivity contribution in [3.8, 4) is 5.69 Å². The largest absolute Gasteiger partial charge is 0.364 e. The number of anilines is 1. The number of carbonyl (C=O) groups is 1. The molecule has 1 aliphatic heterocycles. The molecule has 0 spiro atoms. The molecular weight excluding hydrogens is 266 g/mol. The second-order valence-electron chi connectivity index (χ2n) is 5.19. The zero-order valence-corrected chi connectivity index (χ0v) is 11.7. The van der Waals surface area contributed by atoms with E-state index in [0.717, 1.165) is 24.2 Å². The molecule has 1 aromatic carbocycles. The van der Waals surface area contributed by atoms with Crippen molar-refractivity contribution in [2.75, 3.05) is 11.9 Å². The minimum Gasteiger partial charge on any atom is -0.364 e. The molecule has 21 heavy (non-hydrogen) atoms. The lowest BCUT2D eigenvalue weighted by atomic mass is 10.2. The van der Waals surface area contributed by atoms with Crippen LogP contribution in [0.4, 0.5) is 5.69 Å². The number of nitrogens with zero attached hydrogens (tertiary/aromatic N) is 1. The molecule has 1 aliphatic rings. The average Bonchev–Trinajstić information content (AvgIpc) is 3.19. The Morgan fingerprint density at radius 3 is 2.81 bits per heavy atom. The summed E-state index contributed by atoms with van der Waals surface area (Å²) in [5.41, 5.74) is 7.34. The summed E-state index contributed by atoms with van der Waals surface area (Å²) in [4.78, 5) is 12.2. The van der Waals surface area contributed by atoms with E-state index >= 15 is 0 Å². The summed E-state index contributed by atoms with van der Waals surface area (Å²) in [6.45, 7) is 0.465. The third-order valence-corrected chi connectivity index (χ3v) is 3.68. The number of hydrogen-bond donors (Lipinski definition) is 2. The lowest BCUT2D eigenvalue weighted by Crippen LogP contribution is -2.29. The standard InChI is InChI=1S/C16H19N3O2/c17-11-14-6-7-15(21-14)16(20)18-12-4-3-5-13(10-12)19-8-1-2-9-19/h1-5,8-10,14-15H,6-7,11,17H2,(H,18,20). The minimum atomic E-state index is -0.395. The Bertz CT molecular complexity index is 610. The van der Waals surface area contributed by atoms with Crippen LogP contribution in [0.25, 0.3) is 5.69 Å². The molecule has 3 rings (SSSR count). The molecule has 0 radical (unpaired) electrons. The van der Waals surface area contributed by atoms with Crippen molar-refractivity contribution < 1.29 is 9.53 Å². The van der Waals surface area contributed by atoms with Gasteiger partial charge in [0.2, 0.25) is 0 Å². The van der Waals surface area contributed by atoms with Gasteiger partial charge >= 0.3 is 0 Å². The monoisotopic (exact) mass is 285 g/mol. The van der Waals surface area contributed by atoms with Crippen LogP contribution >= 0.6 is 0 Å². The van der Waals surface area contributed by atoms with Crippen molar-refractivity contribution in [2.45, 2.75) is 25.0 Å². The minimum absolute atomic E-state index is 0.00644. The van der Waals surface area contributed by atoms with Gasteiger partial charge in [0.25, 0.3) is 5.91 Å². The molecular formula is C16H19N3O2. The second-order valence-corrected chi connectivity index (χ2v) is 5.19. The smallest absolute Gasteiger partial charge is 0.253 e. The maximum absolute atomic E-state index is 12.2. The van der Waals surface area contributed by atoms with Gasteiger partial charge in [-0.05, 0) is 43.2 Å². The summed E-state index contributed by atoms with van der Waals surface area (Å²) < 4.78 is 7.60. The Labute approximate surface area is 123 Å². The van der Waals surface area contributed by atoms with E-state index in [-0.39, 0.29) is 12.0 Å². The highest BCUT2D eigenvalue weighted by Gasteiger charge is 2.29. The van der Waals surface area contributed by atoms with Gasteiger partial charge in [-0.3, -0.25) is 4.79 Å². The van der Waals surface area contributed by atoms with Crippen LogP contribution in [0, 0.1) is 0 Å². The first-order chi connectivity index (χ1) is 10.3. The first-order valence-electron chi connectivity index (χ1n) is 7.16. The van der Waals surface area contributed by atoms with Crippen LogP contribution in [-0.4, -0.2) is 29.2 Å². The molecule has 5 nitrogen and oxygen atoms in total. The Hall–Kier alpha value is -2.11. The third-order valence-electron chi connectivity index (χ3n) is 3.68. The molecule has 0 aliphatic carbocycles. The van der Waals surface area contributed by atoms with Gasteiger partial charge in [0.05, 0.1) is 6.10 Å². The van der Waals surface area contributed by atoms with E-state index in [1.54, 1.807) is 0 Å². The number of aromatic nitrogens is 1. The van der Waals surface area contributed by atoms with E-state index in [1.165, 1.54) is 0 Å².